The fourth-order valence-electron chi connectivity index (χ4n) is 3.08. The Hall–Kier alpha value is -1.95. The molecule has 2 aliphatic rings. The van der Waals surface area contributed by atoms with E-state index in [-0.39, 0.29) is 18.1 Å². The summed E-state index contributed by atoms with van der Waals surface area (Å²) in [5, 5.41) is 9.61. The Kier molecular flexibility index (Phi) is 4.35. The number of anilines is 1. The second kappa shape index (κ2) is 6.28. The lowest BCUT2D eigenvalue weighted by molar-refractivity contribution is -0.143. The number of hydrogen-bond donors (Lipinski definition) is 1. The normalized spacial score (nSPS) is 21.6. The van der Waals surface area contributed by atoms with Crippen LogP contribution in [0.4, 0.5) is 10.5 Å². The molecule has 0 aliphatic carbocycles. The number of piperidine rings is 1. The summed E-state index contributed by atoms with van der Waals surface area (Å²) in [6.45, 7) is 3.27. The monoisotopic (exact) mass is 338 g/mol. The molecular formula is C16H19ClN2O4. The summed E-state index contributed by atoms with van der Waals surface area (Å²) >= 11 is 6.05. The number of nitrogens with zero attached hydrogens (tertiary/aromatic N) is 2. The Morgan fingerprint density at radius 2 is 2.00 bits per heavy atom. The largest absolute Gasteiger partial charge is 0.487 e. The molecule has 7 heteroatoms. The topological polar surface area (TPSA) is 70.1 Å². The van der Waals surface area contributed by atoms with Gasteiger partial charge in [0.15, 0.2) is 0 Å². The van der Waals surface area contributed by atoms with Crippen LogP contribution in [0, 0.1) is 5.92 Å². The highest BCUT2D eigenvalue weighted by molar-refractivity contribution is 6.31. The Balaban J connectivity index is 1.78. The van der Waals surface area contributed by atoms with Crippen molar-refractivity contribution >= 4 is 29.3 Å². The molecule has 0 spiro atoms. The highest BCUT2D eigenvalue weighted by Gasteiger charge is 2.33. The quantitative estimate of drug-likeness (QED) is 0.854. The minimum Gasteiger partial charge on any atom is -0.487 e. The second-order valence-electron chi connectivity index (χ2n) is 6.03. The number of carbonyl (C=O) groups excluding carboxylic acids is 1. The van der Waals surface area contributed by atoms with Crippen molar-refractivity contribution in [2.45, 2.75) is 25.9 Å². The van der Waals surface area contributed by atoms with Crippen LogP contribution >= 0.6 is 11.6 Å². The van der Waals surface area contributed by atoms with E-state index in [1.807, 2.05) is 6.92 Å². The number of fused-ring (bicyclic) bond motifs is 1. The minimum absolute atomic E-state index is 0.107. The van der Waals surface area contributed by atoms with Gasteiger partial charge in [-0.3, -0.25) is 9.69 Å². The van der Waals surface area contributed by atoms with Crippen molar-refractivity contribution in [1.82, 2.24) is 4.90 Å². The van der Waals surface area contributed by atoms with Gasteiger partial charge in [0.2, 0.25) is 0 Å². The average Bonchev–Trinajstić information content (AvgIpc) is 2.54. The van der Waals surface area contributed by atoms with Crippen LogP contribution in [0.3, 0.4) is 0 Å². The fraction of sp³-hybridized carbons (Fsp3) is 0.500. The summed E-state index contributed by atoms with van der Waals surface area (Å²) in [5.74, 6) is -0.500. The second-order valence-corrected chi connectivity index (χ2v) is 6.47. The van der Waals surface area contributed by atoms with Crippen molar-refractivity contribution in [3.8, 4) is 5.75 Å². The van der Waals surface area contributed by atoms with Crippen LogP contribution in [0.15, 0.2) is 18.2 Å². The van der Waals surface area contributed by atoms with Gasteiger partial charge in [0.1, 0.15) is 11.9 Å². The summed E-state index contributed by atoms with van der Waals surface area (Å²) in [4.78, 5) is 27.3. The number of urea groups is 1. The summed E-state index contributed by atoms with van der Waals surface area (Å²) in [6.07, 6.45) is 0.872. The van der Waals surface area contributed by atoms with Crippen molar-refractivity contribution < 1.29 is 19.4 Å². The molecule has 1 N–H and O–H groups in total. The van der Waals surface area contributed by atoms with Crippen molar-refractivity contribution in [2.24, 2.45) is 5.92 Å². The van der Waals surface area contributed by atoms with Crippen molar-refractivity contribution in [3.05, 3.63) is 23.2 Å². The van der Waals surface area contributed by atoms with E-state index in [1.54, 1.807) is 28.0 Å². The molecule has 1 aromatic carbocycles. The molecule has 0 bridgehead atoms. The number of hydrogen-bond acceptors (Lipinski definition) is 3. The maximum absolute atomic E-state index is 12.9. The van der Waals surface area contributed by atoms with Gasteiger partial charge in [-0.1, -0.05) is 11.6 Å². The van der Waals surface area contributed by atoms with Crippen molar-refractivity contribution in [1.29, 1.82) is 0 Å². The lowest BCUT2D eigenvalue weighted by Crippen LogP contribution is -2.51. The Bertz CT molecular complexity index is 629. The predicted octanol–water partition coefficient (Wildman–Crippen LogP) is 2.84. The van der Waals surface area contributed by atoms with E-state index in [4.69, 9.17) is 21.4 Å². The molecule has 1 atom stereocenters. The molecule has 0 unspecified atom stereocenters. The van der Waals surface area contributed by atoms with Crippen LogP contribution in [-0.4, -0.2) is 47.7 Å². The van der Waals surface area contributed by atoms with Gasteiger partial charge in [0, 0.05) is 18.1 Å². The zero-order chi connectivity index (χ0) is 16.6. The Morgan fingerprint density at radius 3 is 2.65 bits per heavy atom. The predicted molar refractivity (Wildman–Crippen MR) is 86.2 cm³/mol. The molecule has 124 valence electrons. The molecule has 0 saturated carbocycles. The van der Waals surface area contributed by atoms with Crippen LogP contribution in [0.25, 0.3) is 0 Å². The van der Waals surface area contributed by atoms with Gasteiger partial charge >= 0.3 is 12.0 Å². The van der Waals surface area contributed by atoms with Gasteiger partial charge in [0.25, 0.3) is 0 Å². The molecule has 1 fully saturated rings. The maximum atomic E-state index is 12.9. The number of carboxylic acid groups (broad SMARTS) is 1. The molecule has 1 aromatic rings. The van der Waals surface area contributed by atoms with E-state index in [2.05, 4.69) is 0 Å². The summed E-state index contributed by atoms with van der Waals surface area (Å²) in [7, 11) is 0. The first-order valence-electron chi connectivity index (χ1n) is 7.71. The lowest BCUT2D eigenvalue weighted by atomic mass is 9.97. The smallest absolute Gasteiger partial charge is 0.324 e. The highest BCUT2D eigenvalue weighted by Crippen LogP contribution is 2.36. The first kappa shape index (κ1) is 15.9. The SMILES string of the molecule is C[C@H]1CN(C(=O)N2CCC(C(=O)O)CC2)c2cc(Cl)ccc2O1. The molecule has 2 aliphatic heterocycles. The Labute approximate surface area is 139 Å². The van der Waals surface area contributed by atoms with E-state index in [9.17, 15) is 9.59 Å². The summed E-state index contributed by atoms with van der Waals surface area (Å²) in [5.41, 5.74) is 0.668. The molecule has 1 saturated heterocycles. The molecule has 23 heavy (non-hydrogen) atoms. The lowest BCUT2D eigenvalue weighted by Gasteiger charge is -2.38. The molecule has 0 aromatic heterocycles. The number of rotatable bonds is 1. The van der Waals surface area contributed by atoms with Crippen LogP contribution in [0.1, 0.15) is 19.8 Å². The number of benzene rings is 1. The fourth-order valence-corrected chi connectivity index (χ4v) is 3.25. The standard InChI is InChI=1S/C16H19ClN2O4/c1-10-9-19(13-8-12(17)2-3-14(13)23-10)16(22)18-6-4-11(5-7-18)15(20)21/h2-3,8,10-11H,4-7,9H2,1H3,(H,20,21)/t10-/m0/s1. The zero-order valence-corrected chi connectivity index (χ0v) is 13.6. The number of carbonyl (C=O) groups is 2. The number of amides is 2. The zero-order valence-electron chi connectivity index (χ0n) is 12.9. The summed E-state index contributed by atoms with van der Waals surface area (Å²) in [6, 6.07) is 5.11. The molecule has 0 radical (unpaired) electrons. The molecule has 2 amide bonds. The van der Waals surface area contributed by atoms with E-state index in [1.165, 1.54) is 0 Å². The Morgan fingerprint density at radius 1 is 1.30 bits per heavy atom. The van der Waals surface area contributed by atoms with Crippen LogP contribution in [0.2, 0.25) is 5.02 Å². The molecule has 2 heterocycles. The third kappa shape index (κ3) is 3.22. The van der Waals surface area contributed by atoms with Gasteiger partial charge in [-0.15, -0.1) is 0 Å². The third-order valence-electron chi connectivity index (χ3n) is 4.33. The maximum Gasteiger partial charge on any atom is 0.324 e. The van der Waals surface area contributed by atoms with E-state index < -0.39 is 5.97 Å². The number of ether oxygens (including phenoxy) is 1. The van der Waals surface area contributed by atoms with Gasteiger partial charge in [-0.05, 0) is 38.0 Å². The van der Waals surface area contributed by atoms with Gasteiger partial charge < -0.3 is 14.7 Å². The highest BCUT2D eigenvalue weighted by atomic mass is 35.5. The first-order valence-corrected chi connectivity index (χ1v) is 8.09. The first-order chi connectivity index (χ1) is 11.0. The number of likely N-dealkylation sites (tertiary alicyclic amines) is 1. The summed E-state index contributed by atoms with van der Waals surface area (Å²) < 4.78 is 5.75. The van der Waals surface area contributed by atoms with E-state index in [0.29, 0.717) is 48.9 Å². The third-order valence-corrected chi connectivity index (χ3v) is 4.56. The van der Waals surface area contributed by atoms with Gasteiger partial charge in [0.05, 0.1) is 18.2 Å². The average molecular weight is 339 g/mol. The number of halogens is 1. The van der Waals surface area contributed by atoms with E-state index in [0.717, 1.165) is 0 Å². The van der Waals surface area contributed by atoms with Gasteiger partial charge in [-0.2, -0.15) is 0 Å². The number of aliphatic carboxylic acids is 1. The van der Waals surface area contributed by atoms with Crippen LogP contribution in [-0.2, 0) is 4.79 Å². The van der Waals surface area contributed by atoms with Crippen LogP contribution in [0.5, 0.6) is 5.75 Å². The number of carboxylic acids is 1. The van der Waals surface area contributed by atoms with E-state index >= 15 is 0 Å². The molecular weight excluding hydrogens is 320 g/mol. The van der Waals surface area contributed by atoms with Gasteiger partial charge in [-0.25, -0.2) is 4.79 Å². The molecule has 6 nitrogen and oxygen atoms in total. The van der Waals surface area contributed by atoms with Crippen LogP contribution < -0.4 is 9.64 Å². The van der Waals surface area contributed by atoms with Crippen molar-refractivity contribution in [2.75, 3.05) is 24.5 Å². The van der Waals surface area contributed by atoms with Crippen molar-refractivity contribution in [3.63, 3.8) is 0 Å². The minimum atomic E-state index is -0.783. The molecule has 3 rings (SSSR count).